The van der Waals surface area contributed by atoms with Gasteiger partial charge in [-0.3, -0.25) is 14.4 Å². The van der Waals surface area contributed by atoms with Crippen molar-refractivity contribution in [1.29, 1.82) is 0 Å². The van der Waals surface area contributed by atoms with Crippen molar-refractivity contribution in [2.45, 2.75) is 38.0 Å². The van der Waals surface area contributed by atoms with Crippen molar-refractivity contribution in [2.24, 2.45) is 16.9 Å². The van der Waals surface area contributed by atoms with Gasteiger partial charge in [0.1, 0.15) is 12.1 Å². The van der Waals surface area contributed by atoms with Gasteiger partial charge in [-0.05, 0) is 19.8 Å². The number of hydrogen-bond acceptors (Lipinski definition) is 6. The average Bonchev–Trinajstić information content (AvgIpc) is 2.52. The molecule has 1 spiro atoms. The first-order valence-electron chi connectivity index (χ1n) is 7.67. The molecule has 0 unspecified atom stereocenters. The monoisotopic (exact) mass is 328 g/mol. The summed E-state index contributed by atoms with van der Waals surface area (Å²) in [5.74, 6) is -1.27. The smallest absolute Gasteiger partial charge is 0.242 e. The molecule has 2 heterocycles. The topological polar surface area (TPSA) is 150 Å². The fourth-order valence-electron chi connectivity index (χ4n) is 3.40. The molecular formula is C14H24N4O5. The van der Waals surface area contributed by atoms with Gasteiger partial charge >= 0.3 is 0 Å². The van der Waals surface area contributed by atoms with Crippen molar-refractivity contribution >= 4 is 17.7 Å². The second kappa shape index (κ2) is 6.42. The van der Waals surface area contributed by atoms with Crippen LogP contribution in [0.1, 0.15) is 19.8 Å². The van der Waals surface area contributed by atoms with Gasteiger partial charge in [-0.2, -0.15) is 0 Å². The number of aliphatic hydroxyl groups is 2. The van der Waals surface area contributed by atoms with E-state index in [2.05, 4.69) is 0 Å². The van der Waals surface area contributed by atoms with Crippen molar-refractivity contribution in [3.8, 4) is 0 Å². The minimum atomic E-state index is -1.03. The normalized spacial score (nSPS) is 24.1. The maximum atomic E-state index is 12.5. The summed E-state index contributed by atoms with van der Waals surface area (Å²) >= 11 is 0. The highest BCUT2D eigenvalue weighted by molar-refractivity contribution is 5.94. The van der Waals surface area contributed by atoms with Crippen LogP contribution in [0.2, 0.25) is 0 Å². The molecule has 0 aromatic carbocycles. The molecule has 6 N–H and O–H groups in total. The van der Waals surface area contributed by atoms with E-state index >= 15 is 0 Å². The predicted octanol–water partition coefficient (Wildman–Crippen LogP) is -3.01. The van der Waals surface area contributed by atoms with Gasteiger partial charge in [0.05, 0.1) is 18.1 Å². The molecule has 2 fully saturated rings. The summed E-state index contributed by atoms with van der Waals surface area (Å²) in [5, 5.41) is 18.6. The third-order valence-corrected chi connectivity index (χ3v) is 4.82. The Labute approximate surface area is 134 Å². The van der Waals surface area contributed by atoms with Crippen molar-refractivity contribution < 1.29 is 24.6 Å². The number of amides is 3. The zero-order chi connectivity index (χ0) is 17.4. The van der Waals surface area contributed by atoms with Crippen LogP contribution in [0.4, 0.5) is 0 Å². The number of nitrogens with zero attached hydrogens (tertiary/aromatic N) is 2. The number of carbonyl (C=O) groups is 3. The Bertz CT molecular complexity index is 501. The molecule has 2 saturated heterocycles. The van der Waals surface area contributed by atoms with Gasteiger partial charge < -0.3 is 31.5 Å². The van der Waals surface area contributed by atoms with Crippen molar-refractivity contribution in [3.63, 3.8) is 0 Å². The summed E-state index contributed by atoms with van der Waals surface area (Å²) in [6.07, 6.45) is -0.0901. The molecule has 2 aliphatic heterocycles. The molecule has 0 aliphatic carbocycles. The van der Waals surface area contributed by atoms with E-state index in [-0.39, 0.29) is 11.8 Å². The van der Waals surface area contributed by atoms with E-state index in [4.69, 9.17) is 16.6 Å². The molecule has 130 valence electrons. The van der Waals surface area contributed by atoms with E-state index in [9.17, 15) is 19.5 Å². The van der Waals surface area contributed by atoms with Crippen LogP contribution >= 0.6 is 0 Å². The van der Waals surface area contributed by atoms with Crippen LogP contribution in [0.25, 0.3) is 0 Å². The van der Waals surface area contributed by atoms with Crippen LogP contribution < -0.4 is 11.5 Å². The van der Waals surface area contributed by atoms with Gasteiger partial charge in [0.15, 0.2) is 0 Å². The highest BCUT2D eigenvalue weighted by Gasteiger charge is 2.56. The number of aliphatic hydroxyl groups excluding tert-OH is 2. The largest absolute Gasteiger partial charge is 0.394 e. The lowest BCUT2D eigenvalue weighted by molar-refractivity contribution is -0.177. The molecule has 3 atom stereocenters. The van der Waals surface area contributed by atoms with Crippen LogP contribution in [0.3, 0.4) is 0 Å². The second-order valence-corrected chi connectivity index (χ2v) is 6.42. The zero-order valence-corrected chi connectivity index (χ0v) is 13.1. The van der Waals surface area contributed by atoms with Gasteiger partial charge in [-0.25, -0.2) is 0 Å². The minimum Gasteiger partial charge on any atom is -0.394 e. The third-order valence-electron chi connectivity index (χ3n) is 4.82. The summed E-state index contributed by atoms with van der Waals surface area (Å²) < 4.78 is 0. The van der Waals surface area contributed by atoms with Gasteiger partial charge in [0, 0.05) is 19.6 Å². The minimum absolute atomic E-state index is 0.208. The van der Waals surface area contributed by atoms with Crippen molar-refractivity contribution in [1.82, 2.24) is 9.80 Å². The van der Waals surface area contributed by atoms with Crippen molar-refractivity contribution in [3.05, 3.63) is 0 Å². The van der Waals surface area contributed by atoms with Gasteiger partial charge in [0.2, 0.25) is 17.7 Å². The Morgan fingerprint density at radius 3 is 2.30 bits per heavy atom. The average molecular weight is 328 g/mol. The summed E-state index contributed by atoms with van der Waals surface area (Å²) in [4.78, 5) is 38.7. The lowest BCUT2D eigenvalue weighted by atomic mass is 9.70. The molecule has 0 radical (unpaired) electrons. The molecule has 23 heavy (non-hydrogen) atoms. The number of β-lactam (4-membered cyclic amide) rings is 1. The first-order valence-corrected chi connectivity index (χ1v) is 7.67. The predicted molar refractivity (Wildman–Crippen MR) is 79.7 cm³/mol. The number of nitrogens with two attached hydrogens (primary N) is 2. The van der Waals surface area contributed by atoms with E-state index in [0.29, 0.717) is 32.5 Å². The Kier molecular flexibility index (Phi) is 4.92. The Balaban J connectivity index is 1.97. The fourth-order valence-corrected chi connectivity index (χ4v) is 3.40. The van der Waals surface area contributed by atoms with Crippen LogP contribution in [0.15, 0.2) is 0 Å². The quantitative estimate of drug-likeness (QED) is 0.395. The lowest BCUT2D eigenvalue weighted by Crippen LogP contribution is -2.71. The van der Waals surface area contributed by atoms with E-state index in [1.807, 2.05) is 0 Å². The van der Waals surface area contributed by atoms with E-state index < -0.39 is 36.1 Å². The fraction of sp³-hybridized carbons (Fsp3) is 0.786. The zero-order valence-electron chi connectivity index (χ0n) is 13.1. The van der Waals surface area contributed by atoms with Gasteiger partial charge in [-0.15, -0.1) is 0 Å². The Hall–Kier alpha value is -1.71. The van der Waals surface area contributed by atoms with E-state index in [1.54, 1.807) is 4.90 Å². The Morgan fingerprint density at radius 2 is 1.91 bits per heavy atom. The number of rotatable bonds is 5. The number of carbonyl (C=O) groups excluding carboxylic acids is 3. The molecule has 2 rings (SSSR count). The molecule has 0 bridgehead atoms. The summed E-state index contributed by atoms with van der Waals surface area (Å²) in [5.41, 5.74) is 10.2. The third kappa shape index (κ3) is 3.04. The van der Waals surface area contributed by atoms with Crippen LogP contribution in [0, 0.1) is 5.41 Å². The van der Waals surface area contributed by atoms with Gasteiger partial charge in [-0.1, -0.05) is 0 Å². The van der Waals surface area contributed by atoms with E-state index in [1.165, 1.54) is 11.8 Å². The lowest BCUT2D eigenvalue weighted by Gasteiger charge is -2.54. The molecule has 2 aliphatic rings. The molecular weight excluding hydrogens is 304 g/mol. The molecule has 0 aromatic rings. The maximum absolute atomic E-state index is 12.5. The molecule has 9 nitrogen and oxygen atoms in total. The van der Waals surface area contributed by atoms with Crippen LogP contribution in [-0.4, -0.2) is 82.2 Å². The number of hydrogen-bond donors (Lipinski definition) is 4. The summed E-state index contributed by atoms with van der Waals surface area (Å²) in [6, 6.07) is -1.96. The maximum Gasteiger partial charge on any atom is 0.242 e. The second-order valence-electron chi connectivity index (χ2n) is 6.42. The number of piperidine rings is 1. The highest BCUT2D eigenvalue weighted by Crippen LogP contribution is 2.43. The first kappa shape index (κ1) is 17.6. The summed E-state index contributed by atoms with van der Waals surface area (Å²) in [6.45, 7) is 2.11. The molecule has 9 heteroatoms. The molecule has 0 saturated carbocycles. The number of likely N-dealkylation sites (tertiary alicyclic amines) is 2. The summed E-state index contributed by atoms with van der Waals surface area (Å²) in [7, 11) is 0. The van der Waals surface area contributed by atoms with Gasteiger partial charge in [0.25, 0.3) is 0 Å². The Morgan fingerprint density at radius 1 is 1.35 bits per heavy atom. The first-order chi connectivity index (χ1) is 10.7. The van der Waals surface area contributed by atoms with E-state index in [0.717, 1.165) is 0 Å². The number of primary amides is 1. The molecule has 0 aromatic heterocycles. The molecule has 3 amide bonds. The van der Waals surface area contributed by atoms with Crippen LogP contribution in [0.5, 0.6) is 0 Å². The standard InChI is InChI=1S/C14H24N4O5/c1-8(20)10(11(16)21)18-7-14(13(18)23)2-4-17(5-3-14)12(22)9(15)6-19/h8-10,19-20H,2-7,15H2,1H3,(H2,16,21)/t8-,9+,10+/m1/s1. The highest BCUT2D eigenvalue weighted by atomic mass is 16.3. The SMILES string of the molecule is C[C@@H](O)[C@@H](C(N)=O)N1CC2(CCN(C(=O)[C@@H](N)CO)CC2)C1=O. The van der Waals surface area contributed by atoms with Crippen LogP contribution in [-0.2, 0) is 14.4 Å². The van der Waals surface area contributed by atoms with Crippen molar-refractivity contribution in [2.75, 3.05) is 26.2 Å².